The minimum Gasteiger partial charge on any atom is -0.505 e. The second-order valence-corrected chi connectivity index (χ2v) is 15.9. The molecule has 0 aliphatic carbocycles. The number of fused-ring (bicyclic) bond motifs is 1. The van der Waals surface area contributed by atoms with Gasteiger partial charge in [-0.25, -0.2) is 0 Å². The standard InChI is InChI=1S/C39H50N6O2/c1-13-16-29-24(2)40-44(41-29)32-22-27(38(9,10)36(3,4)5)20-25(34(32)46)19-26-21-28(39(11,12)37(6,7)8)23-33(35(26)47)45-42-30-17-14-15-18-31(30)43-45/h13-18,20-23,46-47H,19H2,1-12H3. The Hall–Kier alpha value is -4.46. The van der Waals surface area contributed by atoms with Crippen LogP contribution in [0.25, 0.3) is 28.5 Å². The van der Waals surface area contributed by atoms with Gasteiger partial charge in [0.25, 0.3) is 0 Å². The molecule has 0 aliphatic rings. The van der Waals surface area contributed by atoms with Gasteiger partial charge in [0.15, 0.2) is 0 Å². The van der Waals surface area contributed by atoms with Crippen molar-refractivity contribution in [1.29, 1.82) is 0 Å². The minimum atomic E-state index is -0.278. The highest BCUT2D eigenvalue weighted by molar-refractivity contribution is 5.74. The van der Waals surface area contributed by atoms with Crippen LogP contribution in [0.2, 0.25) is 0 Å². The van der Waals surface area contributed by atoms with Gasteiger partial charge >= 0.3 is 0 Å². The monoisotopic (exact) mass is 634 g/mol. The molecule has 0 bridgehead atoms. The van der Waals surface area contributed by atoms with E-state index in [1.165, 1.54) is 9.59 Å². The van der Waals surface area contributed by atoms with E-state index in [-0.39, 0.29) is 39.6 Å². The van der Waals surface area contributed by atoms with Gasteiger partial charge in [-0.1, -0.05) is 99.6 Å². The third-order valence-corrected chi connectivity index (χ3v) is 10.8. The number of aryl methyl sites for hydroxylation is 1. The Morgan fingerprint density at radius 2 is 1.06 bits per heavy atom. The highest BCUT2D eigenvalue weighted by Gasteiger charge is 2.37. The van der Waals surface area contributed by atoms with Gasteiger partial charge in [0.05, 0.1) is 5.69 Å². The number of hydrogen-bond acceptors (Lipinski definition) is 6. The van der Waals surface area contributed by atoms with Gasteiger partial charge in [0, 0.05) is 17.5 Å². The van der Waals surface area contributed by atoms with Gasteiger partial charge in [-0.05, 0) is 77.0 Å². The van der Waals surface area contributed by atoms with Crippen LogP contribution < -0.4 is 0 Å². The molecule has 8 heteroatoms. The zero-order chi connectivity index (χ0) is 34.7. The number of phenols is 2. The number of hydrogen-bond donors (Lipinski definition) is 2. The largest absolute Gasteiger partial charge is 0.505 e. The van der Waals surface area contributed by atoms with E-state index >= 15 is 0 Å². The van der Waals surface area contributed by atoms with Crippen molar-refractivity contribution in [3.8, 4) is 22.9 Å². The molecule has 0 aliphatic heterocycles. The smallest absolute Gasteiger partial charge is 0.146 e. The second-order valence-electron chi connectivity index (χ2n) is 15.9. The van der Waals surface area contributed by atoms with E-state index < -0.39 is 0 Å². The van der Waals surface area contributed by atoms with Gasteiger partial charge < -0.3 is 10.2 Å². The summed E-state index contributed by atoms with van der Waals surface area (Å²) in [6.07, 6.45) is 4.10. The van der Waals surface area contributed by atoms with Crippen molar-refractivity contribution >= 4 is 17.1 Å². The molecule has 0 radical (unpaired) electrons. The Balaban J connectivity index is 1.76. The quantitative estimate of drug-likeness (QED) is 0.185. The van der Waals surface area contributed by atoms with Gasteiger partial charge in [-0.3, -0.25) is 0 Å². The zero-order valence-corrected chi connectivity index (χ0v) is 30.1. The Bertz CT molecular complexity index is 1950. The molecule has 2 aromatic heterocycles. The minimum absolute atomic E-state index is 0.0728. The van der Waals surface area contributed by atoms with Gasteiger partial charge in [-0.15, -0.1) is 24.9 Å². The summed E-state index contributed by atoms with van der Waals surface area (Å²) in [4.78, 5) is 3.05. The van der Waals surface area contributed by atoms with Crippen LogP contribution in [0, 0.1) is 17.8 Å². The molecule has 47 heavy (non-hydrogen) atoms. The maximum atomic E-state index is 11.9. The number of phenolic OH excluding ortho intramolecular Hbond substituents is 2. The summed E-state index contributed by atoms with van der Waals surface area (Å²) in [7, 11) is 0. The van der Waals surface area contributed by atoms with Crippen LogP contribution in [0.1, 0.15) is 110 Å². The molecule has 5 aromatic rings. The lowest BCUT2D eigenvalue weighted by molar-refractivity contribution is 0.225. The normalized spacial score (nSPS) is 13.3. The van der Waals surface area contributed by atoms with E-state index in [9.17, 15) is 10.2 Å². The second kappa shape index (κ2) is 11.7. The van der Waals surface area contributed by atoms with Gasteiger partial charge in [0.2, 0.25) is 0 Å². The molecule has 0 amide bonds. The highest BCUT2D eigenvalue weighted by Crippen LogP contribution is 2.46. The topological polar surface area (TPSA) is 102 Å². The molecule has 3 aromatic carbocycles. The summed E-state index contributed by atoms with van der Waals surface area (Å²) in [5, 5.41) is 42.7. The molecule has 0 fully saturated rings. The van der Waals surface area contributed by atoms with Crippen LogP contribution >= 0.6 is 0 Å². The fourth-order valence-electron chi connectivity index (χ4n) is 5.50. The number of benzene rings is 3. The SMILES string of the molecule is CC=Cc1nn(-c2cc(C(C)(C)C(C)(C)C)cc(Cc3cc(C(C)(C)C(C)(C)C)cc(-n4nc5ccccc5n4)c3O)c2O)nc1C. The Kier molecular flexibility index (Phi) is 8.40. The highest BCUT2D eigenvalue weighted by atomic mass is 16.3. The van der Waals surface area contributed by atoms with Crippen molar-refractivity contribution in [2.45, 2.75) is 100 Å². The van der Waals surface area contributed by atoms with Crippen LogP contribution in [0.15, 0.2) is 54.6 Å². The van der Waals surface area contributed by atoms with E-state index in [1.54, 1.807) is 0 Å². The van der Waals surface area contributed by atoms with E-state index in [2.05, 4.69) is 86.5 Å². The van der Waals surface area contributed by atoms with Crippen LogP contribution in [0.4, 0.5) is 0 Å². The summed E-state index contributed by atoms with van der Waals surface area (Å²) >= 11 is 0. The summed E-state index contributed by atoms with van der Waals surface area (Å²) in [6.45, 7) is 26.0. The average Bonchev–Trinajstić information content (AvgIpc) is 3.57. The summed E-state index contributed by atoms with van der Waals surface area (Å²) in [5.74, 6) is 0.147. The lowest BCUT2D eigenvalue weighted by Gasteiger charge is -2.40. The fourth-order valence-corrected chi connectivity index (χ4v) is 5.50. The predicted octanol–water partition coefficient (Wildman–Crippen LogP) is 8.99. The third kappa shape index (κ3) is 6.06. The number of rotatable bonds is 7. The number of aromatic hydroxyl groups is 2. The first-order valence-electron chi connectivity index (χ1n) is 16.4. The van der Waals surface area contributed by atoms with Crippen LogP contribution in [0.3, 0.4) is 0 Å². The maximum absolute atomic E-state index is 11.9. The molecule has 0 saturated heterocycles. The first-order valence-corrected chi connectivity index (χ1v) is 16.4. The molecule has 0 atom stereocenters. The number of allylic oxidation sites excluding steroid dienone is 1. The first-order chi connectivity index (χ1) is 21.8. The van der Waals surface area contributed by atoms with E-state index in [1.807, 2.05) is 62.4 Å². The van der Waals surface area contributed by atoms with Crippen molar-refractivity contribution in [1.82, 2.24) is 30.0 Å². The molecule has 0 spiro atoms. The van der Waals surface area contributed by atoms with Gasteiger partial charge in [0.1, 0.15) is 39.6 Å². The molecule has 248 valence electrons. The molecule has 2 heterocycles. The van der Waals surface area contributed by atoms with Crippen molar-refractivity contribution in [3.63, 3.8) is 0 Å². The van der Waals surface area contributed by atoms with Crippen molar-refractivity contribution in [2.24, 2.45) is 10.8 Å². The van der Waals surface area contributed by atoms with Crippen LogP contribution in [0.5, 0.6) is 11.5 Å². The summed E-state index contributed by atoms with van der Waals surface area (Å²) in [5.41, 5.74) is 6.67. The van der Waals surface area contributed by atoms with Crippen LogP contribution in [-0.2, 0) is 17.3 Å². The average molecular weight is 635 g/mol. The third-order valence-electron chi connectivity index (χ3n) is 10.8. The lowest BCUT2D eigenvalue weighted by atomic mass is 9.64. The number of nitrogens with zero attached hydrogens (tertiary/aromatic N) is 6. The van der Waals surface area contributed by atoms with Crippen LogP contribution in [-0.4, -0.2) is 40.2 Å². The molecule has 8 nitrogen and oxygen atoms in total. The Morgan fingerprint density at radius 3 is 1.47 bits per heavy atom. The lowest BCUT2D eigenvalue weighted by Crippen LogP contribution is -2.34. The van der Waals surface area contributed by atoms with Crippen molar-refractivity contribution in [3.05, 3.63) is 88.2 Å². The van der Waals surface area contributed by atoms with Crippen molar-refractivity contribution < 1.29 is 10.2 Å². The molecular formula is C39H50N6O2. The van der Waals surface area contributed by atoms with E-state index in [4.69, 9.17) is 15.3 Å². The fraction of sp³-hybridized carbons (Fsp3) is 0.436. The first kappa shape index (κ1) is 33.9. The predicted molar refractivity (Wildman–Crippen MR) is 191 cm³/mol. The molecular weight excluding hydrogens is 584 g/mol. The maximum Gasteiger partial charge on any atom is 0.146 e. The molecule has 0 unspecified atom stereocenters. The summed E-state index contributed by atoms with van der Waals surface area (Å²) in [6, 6.07) is 15.8. The molecule has 2 N–H and O–H groups in total. The number of aromatic nitrogens is 6. The van der Waals surface area contributed by atoms with E-state index in [0.29, 0.717) is 22.5 Å². The summed E-state index contributed by atoms with van der Waals surface area (Å²) < 4.78 is 0. The zero-order valence-electron chi connectivity index (χ0n) is 30.1. The van der Waals surface area contributed by atoms with E-state index in [0.717, 1.165) is 33.5 Å². The Labute approximate surface area is 279 Å². The molecule has 5 rings (SSSR count). The van der Waals surface area contributed by atoms with Crippen molar-refractivity contribution in [2.75, 3.05) is 0 Å². The van der Waals surface area contributed by atoms with Gasteiger partial charge in [-0.2, -0.15) is 5.10 Å². The molecule has 0 saturated carbocycles. The Morgan fingerprint density at radius 1 is 0.638 bits per heavy atom.